The third kappa shape index (κ3) is 4.85. The lowest BCUT2D eigenvalue weighted by atomic mass is 9.53. The Kier molecular flexibility index (Phi) is 7.38. The van der Waals surface area contributed by atoms with Gasteiger partial charge >= 0.3 is 0 Å². The molecule has 1 saturated carbocycles. The zero-order valence-corrected chi connectivity index (χ0v) is 23.3. The molecule has 2 aliphatic carbocycles. The van der Waals surface area contributed by atoms with Gasteiger partial charge in [0.05, 0.1) is 16.7 Å². The second kappa shape index (κ2) is 9.91. The van der Waals surface area contributed by atoms with Crippen LogP contribution in [0.25, 0.3) is 0 Å². The largest absolute Gasteiger partial charge is 0.392 e. The van der Waals surface area contributed by atoms with Crippen LogP contribution < -0.4 is 4.72 Å². The van der Waals surface area contributed by atoms with E-state index in [-0.39, 0.29) is 39.9 Å². The lowest BCUT2D eigenvalue weighted by Gasteiger charge is -2.53. The molecule has 0 saturated heterocycles. The van der Waals surface area contributed by atoms with E-state index in [0.717, 1.165) is 35.4 Å². The highest BCUT2D eigenvalue weighted by Gasteiger charge is 2.54. The van der Waals surface area contributed by atoms with Gasteiger partial charge in [0.25, 0.3) is 10.0 Å². The van der Waals surface area contributed by atoms with Crippen LogP contribution in [-0.2, 0) is 21.2 Å². The number of aliphatic hydroxyl groups is 1. The maximum Gasteiger partial charge on any atom is 0.263 e. The van der Waals surface area contributed by atoms with Crippen molar-refractivity contribution in [3.8, 4) is 0 Å². The van der Waals surface area contributed by atoms with Crippen molar-refractivity contribution in [3.05, 3.63) is 53.1 Å². The van der Waals surface area contributed by atoms with Gasteiger partial charge < -0.3 is 10.0 Å². The lowest BCUT2D eigenvalue weighted by Crippen LogP contribution is -2.53. The van der Waals surface area contributed by atoms with E-state index in [9.17, 15) is 18.3 Å². The fraction of sp³-hybridized carbons (Fsp3) is 0.556. The molecule has 0 unspecified atom stereocenters. The number of anilines is 1. The predicted octanol–water partition coefficient (Wildman–Crippen LogP) is 4.59. The van der Waals surface area contributed by atoms with Crippen LogP contribution in [0.1, 0.15) is 55.7 Å². The number of carbonyl (C=O) groups excluding carboxylic acids is 1. The zero-order chi connectivity index (χ0) is 26.4. The Morgan fingerprint density at radius 2 is 2.06 bits per heavy atom. The Balaban J connectivity index is 1.57. The SMILES string of the molecule is C=CCN(C)C(=O)[C@@H](C)[C@H]1CC[C@]2(C)Cc3sc(NS(=O)(=O)c4ccc(C)cc4)nc3[C@@H](C)[C@@H]2[C@H]1O. The van der Waals surface area contributed by atoms with E-state index >= 15 is 0 Å². The minimum atomic E-state index is -3.74. The summed E-state index contributed by atoms with van der Waals surface area (Å²) in [6, 6.07) is 6.73. The van der Waals surface area contributed by atoms with Crippen LogP contribution in [-0.4, -0.2) is 49.0 Å². The van der Waals surface area contributed by atoms with Crippen LogP contribution in [0.4, 0.5) is 5.13 Å². The molecule has 0 spiro atoms. The summed E-state index contributed by atoms with van der Waals surface area (Å²) in [5.41, 5.74) is 1.70. The molecule has 2 aliphatic rings. The van der Waals surface area contributed by atoms with E-state index in [1.54, 1.807) is 42.3 Å². The van der Waals surface area contributed by atoms with E-state index < -0.39 is 16.1 Å². The van der Waals surface area contributed by atoms with Crippen molar-refractivity contribution in [2.75, 3.05) is 18.3 Å². The zero-order valence-electron chi connectivity index (χ0n) is 21.7. The number of amides is 1. The molecule has 9 heteroatoms. The van der Waals surface area contributed by atoms with Gasteiger partial charge in [-0.3, -0.25) is 9.52 Å². The van der Waals surface area contributed by atoms with Crippen molar-refractivity contribution in [3.63, 3.8) is 0 Å². The molecule has 0 bridgehead atoms. The summed E-state index contributed by atoms with van der Waals surface area (Å²) in [6.07, 6.45) is 3.48. The van der Waals surface area contributed by atoms with Gasteiger partial charge in [-0.25, -0.2) is 13.4 Å². The molecule has 2 N–H and O–H groups in total. The average molecular weight is 532 g/mol. The van der Waals surface area contributed by atoms with E-state index in [1.807, 2.05) is 13.8 Å². The molecule has 0 aliphatic heterocycles. The highest BCUT2D eigenvalue weighted by Crippen LogP contribution is 2.57. The highest BCUT2D eigenvalue weighted by molar-refractivity contribution is 7.93. The second-order valence-corrected chi connectivity index (χ2v) is 13.6. The van der Waals surface area contributed by atoms with E-state index in [0.29, 0.717) is 11.7 Å². The predicted molar refractivity (Wildman–Crippen MR) is 144 cm³/mol. The number of rotatable bonds is 7. The highest BCUT2D eigenvalue weighted by atomic mass is 32.2. The van der Waals surface area contributed by atoms with Crippen molar-refractivity contribution in [1.29, 1.82) is 0 Å². The summed E-state index contributed by atoms with van der Waals surface area (Å²) >= 11 is 1.39. The normalized spacial score (nSPS) is 28.5. The number of aryl methyl sites for hydroxylation is 1. The molecule has 1 amide bonds. The summed E-state index contributed by atoms with van der Waals surface area (Å²) in [4.78, 5) is 20.6. The molecular formula is C27H37N3O4S2. The minimum absolute atomic E-state index is 0.0214. The molecule has 1 aromatic heterocycles. The monoisotopic (exact) mass is 531 g/mol. The number of thiazole rings is 1. The first-order valence-electron chi connectivity index (χ1n) is 12.5. The Hall–Kier alpha value is -2.23. The first kappa shape index (κ1) is 26.8. The number of nitrogens with one attached hydrogen (secondary N) is 1. The van der Waals surface area contributed by atoms with Crippen LogP contribution >= 0.6 is 11.3 Å². The van der Waals surface area contributed by atoms with E-state index in [2.05, 4.69) is 25.1 Å². The fourth-order valence-corrected chi connectivity index (χ4v) is 8.79. The van der Waals surface area contributed by atoms with Gasteiger partial charge in [0.2, 0.25) is 5.91 Å². The van der Waals surface area contributed by atoms with Crippen molar-refractivity contribution < 1.29 is 18.3 Å². The molecule has 6 atom stereocenters. The summed E-state index contributed by atoms with van der Waals surface area (Å²) in [5, 5.41) is 12.0. The molecule has 1 heterocycles. The Morgan fingerprint density at radius 1 is 1.39 bits per heavy atom. The number of hydrogen-bond donors (Lipinski definition) is 2. The number of carbonyl (C=O) groups is 1. The number of aromatic nitrogens is 1. The molecule has 0 radical (unpaired) electrons. The molecule has 1 aromatic carbocycles. The second-order valence-electron chi connectivity index (χ2n) is 10.9. The number of benzene rings is 1. The van der Waals surface area contributed by atoms with Crippen molar-refractivity contribution in [1.82, 2.24) is 9.88 Å². The standard InChI is InChI=1S/C27H37N3O4S2/c1-7-14-30(6)25(32)17(3)20-12-13-27(5)15-21-23(18(4)22(27)24(20)31)28-26(35-21)29-36(33,34)19-10-8-16(2)9-11-19/h7-11,17-18,20,22,24,31H,1,12-15H2,2-6H3,(H,28,29)/t17-,18-,20+,22+,24-,27+/m0/s1. The van der Waals surface area contributed by atoms with Gasteiger partial charge in [0.1, 0.15) is 0 Å². The van der Waals surface area contributed by atoms with Crippen molar-refractivity contribution in [2.24, 2.45) is 23.2 Å². The summed E-state index contributed by atoms with van der Waals surface area (Å²) < 4.78 is 28.5. The first-order chi connectivity index (χ1) is 16.9. The summed E-state index contributed by atoms with van der Waals surface area (Å²) in [5.74, 6) is -0.528. The molecule has 1 fully saturated rings. The van der Waals surface area contributed by atoms with Crippen molar-refractivity contribution >= 4 is 32.4 Å². The van der Waals surface area contributed by atoms with Gasteiger partial charge in [-0.2, -0.15) is 0 Å². The molecule has 7 nitrogen and oxygen atoms in total. The Morgan fingerprint density at radius 3 is 2.69 bits per heavy atom. The first-order valence-corrected chi connectivity index (χ1v) is 14.8. The third-order valence-electron chi connectivity index (χ3n) is 8.29. The van der Waals surface area contributed by atoms with Crippen LogP contribution in [0, 0.1) is 30.1 Å². The van der Waals surface area contributed by atoms with Gasteiger partial charge in [0, 0.05) is 30.3 Å². The van der Waals surface area contributed by atoms with Gasteiger partial charge in [-0.15, -0.1) is 17.9 Å². The molecule has 36 heavy (non-hydrogen) atoms. The quantitative estimate of drug-likeness (QED) is 0.509. The summed E-state index contributed by atoms with van der Waals surface area (Å²) in [6.45, 7) is 12.3. The van der Waals surface area contributed by atoms with Crippen LogP contribution in [0.5, 0.6) is 0 Å². The number of nitrogens with zero attached hydrogens (tertiary/aromatic N) is 2. The number of aliphatic hydroxyl groups excluding tert-OH is 1. The molecular weight excluding hydrogens is 494 g/mol. The molecule has 196 valence electrons. The fourth-order valence-electron chi connectivity index (χ4n) is 6.30. The van der Waals surface area contributed by atoms with Gasteiger partial charge in [-0.1, -0.05) is 44.5 Å². The number of hydrogen-bond acceptors (Lipinski definition) is 6. The molecule has 4 rings (SSSR count). The van der Waals surface area contributed by atoms with Crippen LogP contribution in [0.3, 0.4) is 0 Å². The third-order valence-corrected chi connectivity index (χ3v) is 10.8. The van der Waals surface area contributed by atoms with Gasteiger partial charge in [0.15, 0.2) is 5.13 Å². The average Bonchev–Trinajstić information content (AvgIpc) is 3.19. The number of likely N-dealkylation sites (N-methyl/N-ethyl adjacent to an activating group) is 1. The number of fused-ring (bicyclic) bond motifs is 2. The van der Waals surface area contributed by atoms with Crippen LogP contribution in [0.2, 0.25) is 0 Å². The van der Waals surface area contributed by atoms with E-state index in [4.69, 9.17) is 4.98 Å². The maximum absolute atomic E-state index is 13.0. The molecule has 2 aromatic rings. The Bertz CT molecular complexity index is 1240. The Labute approximate surface area is 218 Å². The minimum Gasteiger partial charge on any atom is -0.392 e. The van der Waals surface area contributed by atoms with Crippen LogP contribution in [0.15, 0.2) is 41.8 Å². The van der Waals surface area contributed by atoms with E-state index in [1.165, 1.54) is 11.3 Å². The summed E-state index contributed by atoms with van der Waals surface area (Å²) in [7, 11) is -1.97. The smallest absolute Gasteiger partial charge is 0.263 e. The van der Waals surface area contributed by atoms with Gasteiger partial charge in [-0.05, 0) is 55.6 Å². The van der Waals surface area contributed by atoms with Crippen molar-refractivity contribution in [2.45, 2.75) is 63.9 Å². The number of sulfonamides is 1. The maximum atomic E-state index is 13.0. The lowest BCUT2D eigenvalue weighted by molar-refractivity contribution is -0.143. The topological polar surface area (TPSA) is 99.6 Å².